The minimum absolute atomic E-state index is 0.111. The average Bonchev–Trinajstić information content (AvgIpc) is 3.00. The van der Waals surface area contributed by atoms with E-state index < -0.39 is 0 Å². The Labute approximate surface area is 101 Å². The lowest BCUT2D eigenvalue weighted by Crippen LogP contribution is -2.33. The first kappa shape index (κ1) is 11.3. The molecule has 0 amide bonds. The molecular formula is C13H20N2O2. The molecule has 1 saturated carbocycles. The van der Waals surface area contributed by atoms with E-state index >= 15 is 0 Å². The molecular weight excluding hydrogens is 216 g/mol. The number of aliphatic hydroxyl groups is 1. The molecule has 3 rings (SSSR count). The van der Waals surface area contributed by atoms with Gasteiger partial charge in [-0.25, -0.2) is 0 Å². The molecule has 1 saturated heterocycles. The topological polar surface area (TPSA) is 62.6 Å². The van der Waals surface area contributed by atoms with Crippen LogP contribution in [0.5, 0.6) is 0 Å². The number of nitrogens with two attached hydrogens (primary N) is 1. The van der Waals surface area contributed by atoms with Gasteiger partial charge in [0, 0.05) is 25.6 Å². The highest BCUT2D eigenvalue weighted by molar-refractivity contribution is 5.07. The number of nitrogens with zero attached hydrogens (tertiary/aromatic N) is 1. The lowest BCUT2D eigenvalue weighted by Gasteiger charge is -2.26. The van der Waals surface area contributed by atoms with Gasteiger partial charge in [-0.15, -0.1) is 0 Å². The summed E-state index contributed by atoms with van der Waals surface area (Å²) in [7, 11) is 0. The van der Waals surface area contributed by atoms with E-state index in [-0.39, 0.29) is 12.1 Å². The molecule has 0 spiro atoms. The van der Waals surface area contributed by atoms with E-state index in [1.807, 2.05) is 12.1 Å². The maximum Gasteiger partial charge on any atom is 0.122 e. The van der Waals surface area contributed by atoms with Crippen molar-refractivity contribution in [1.29, 1.82) is 0 Å². The van der Waals surface area contributed by atoms with Crippen molar-refractivity contribution < 1.29 is 9.52 Å². The molecule has 4 nitrogen and oxygen atoms in total. The number of furan rings is 1. The number of rotatable bonds is 3. The van der Waals surface area contributed by atoms with Gasteiger partial charge >= 0.3 is 0 Å². The smallest absolute Gasteiger partial charge is 0.122 e. The number of aliphatic hydroxyl groups excluding tert-OH is 1. The Morgan fingerprint density at radius 3 is 3.00 bits per heavy atom. The molecule has 1 aromatic heterocycles. The van der Waals surface area contributed by atoms with Crippen LogP contribution < -0.4 is 5.73 Å². The van der Waals surface area contributed by atoms with E-state index in [4.69, 9.17) is 10.2 Å². The van der Waals surface area contributed by atoms with Crippen molar-refractivity contribution in [1.82, 2.24) is 4.90 Å². The zero-order chi connectivity index (χ0) is 11.8. The quantitative estimate of drug-likeness (QED) is 0.821. The first-order valence-corrected chi connectivity index (χ1v) is 6.45. The molecule has 0 radical (unpaired) electrons. The van der Waals surface area contributed by atoms with E-state index in [1.54, 1.807) is 6.26 Å². The van der Waals surface area contributed by atoms with Crippen molar-refractivity contribution in [2.75, 3.05) is 19.6 Å². The summed E-state index contributed by atoms with van der Waals surface area (Å²) >= 11 is 0. The second kappa shape index (κ2) is 4.44. The highest BCUT2D eigenvalue weighted by atomic mass is 16.3. The first-order valence-electron chi connectivity index (χ1n) is 6.45. The first-order chi connectivity index (χ1) is 8.29. The Morgan fingerprint density at radius 2 is 2.35 bits per heavy atom. The maximum absolute atomic E-state index is 9.92. The number of hydrogen-bond acceptors (Lipinski definition) is 4. The third-order valence-electron chi connectivity index (χ3n) is 4.38. The van der Waals surface area contributed by atoms with Crippen molar-refractivity contribution in [2.45, 2.75) is 25.0 Å². The van der Waals surface area contributed by atoms with Crippen LogP contribution >= 0.6 is 0 Å². The van der Waals surface area contributed by atoms with Gasteiger partial charge in [-0.1, -0.05) is 0 Å². The monoisotopic (exact) mass is 236 g/mol. The summed E-state index contributed by atoms with van der Waals surface area (Å²) in [6.45, 7) is 2.57. The fraction of sp³-hybridized carbons (Fsp3) is 0.692. The molecule has 0 aromatic carbocycles. The second-order valence-corrected chi connectivity index (χ2v) is 5.29. The molecule has 17 heavy (non-hydrogen) atoms. The molecule has 1 aliphatic heterocycles. The van der Waals surface area contributed by atoms with E-state index in [9.17, 15) is 5.11 Å². The molecule has 2 fully saturated rings. The summed E-state index contributed by atoms with van der Waals surface area (Å²) in [5.74, 6) is 2.04. The normalized spacial score (nSPS) is 35.1. The van der Waals surface area contributed by atoms with Gasteiger partial charge in [0.25, 0.3) is 0 Å². The Kier molecular flexibility index (Phi) is 2.94. The fourth-order valence-electron chi connectivity index (χ4n) is 3.45. The van der Waals surface area contributed by atoms with Gasteiger partial charge in [-0.3, -0.25) is 4.90 Å². The number of likely N-dealkylation sites (tertiary alicyclic amines) is 1. The largest absolute Gasteiger partial charge is 0.468 e. The van der Waals surface area contributed by atoms with Crippen LogP contribution in [0.25, 0.3) is 0 Å². The van der Waals surface area contributed by atoms with Crippen LogP contribution in [0.3, 0.4) is 0 Å². The molecule has 1 aliphatic carbocycles. The second-order valence-electron chi connectivity index (χ2n) is 5.29. The molecule has 94 valence electrons. The Morgan fingerprint density at radius 1 is 1.47 bits per heavy atom. The third-order valence-corrected chi connectivity index (χ3v) is 4.38. The van der Waals surface area contributed by atoms with Gasteiger partial charge in [0.15, 0.2) is 0 Å². The summed E-state index contributed by atoms with van der Waals surface area (Å²) in [4.78, 5) is 2.37. The van der Waals surface area contributed by atoms with Crippen molar-refractivity contribution >= 4 is 0 Å². The Bertz CT molecular complexity index is 366. The maximum atomic E-state index is 9.92. The predicted molar refractivity (Wildman–Crippen MR) is 64.3 cm³/mol. The van der Waals surface area contributed by atoms with Gasteiger partial charge in [0.1, 0.15) is 5.76 Å². The number of hydrogen-bond donors (Lipinski definition) is 2. The zero-order valence-electron chi connectivity index (χ0n) is 9.96. The minimum atomic E-state index is -0.111. The molecule has 2 heterocycles. The van der Waals surface area contributed by atoms with E-state index in [1.165, 1.54) is 0 Å². The summed E-state index contributed by atoms with van der Waals surface area (Å²) in [6, 6.07) is 4.06. The van der Waals surface area contributed by atoms with Gasteiger partial charge in [0.05, 0.1) is 18.4 Å². The highest BCUT2D eigenvalue weighted by Gasteiger charge is 2.43. The molecule has 1 aromatic rings. The molecule has 4 atom stereocenters. The Balaban J connectivity index is 1.73. The van der Waals surface area contributed by atoms with Crippen LogP contribution in [-0.4, -0.2) is 35.7 Å². The lowest BCUT2D eigenvalue weighted by atomic mass is 10.00. The lowest BCUT2D eigenvalue weighted by molar-refractivity contribution is 0.116. The number of fused-ring (bicyclic) bond motifs is 1. The van der Waals surface area contributed by atoms with Gasteiger partial charge in [0.2, 0.25) is 0 Å². The van der Waals surface area contributed by atoms with E-state index in [0.717, 1.165) is 31.7 Å². The summed E-state index contributed by atoms with van der Waals surface area (Å²) in [6.07, 6.45) is 3.71. The van der Waals surface area contributed by atoms with Crippen LogP contribution in [0.1, 0.15) is 24.6 Å². The fourth-order valence-corrected chi connectivity index (χ4v) is 3.45. The van der Waals surface area contributed by atoms with Crippen LogP contribution in [0.15, 0.2) is 22.8 Å². The van der Waals surface area contributed by atoms with Crippen LogP contribution in [0, 0.1) is 11.8 Å². The minimum Gasteiger partial charge on any atom is -0.468 e. The average molecular weight is 236 g/mol. The summed E-state index contributed by atoms with van der Waals surface area (Å²) in [5, 5.41) is 9.92. The predicted octanol–water partition coefficient (Wildman–Crippen LogP) is 0.982. The standard InChI is InChI=1S/C13H20N2O2/c14-6-11(13-2-1-5-17-13)15-7-9-3-4-12(16)10(9)8-15/h1-2,5,9-12,16H,3-4,6-8,14H2. The van der Waals surface area contributed by atoms with Crippen molar-refractivity contribution in [3.63, 3.8) is 0 Å². The van der Waals surface area contributed by atoms with Crippen LogP contribution in [0.2, 0.25) is 0 Å². The molecule has 0 bridgehead atoms. The highest BCUT2D eigenvalue weighted by Crippen LogP contribution is 2.40. The van der Waals surface area contributed by atoms with E-state index in [0.29, 0.717) is 18.4 Å². The van der Waals surface area contributed by atoms with Crippen LogP contribution in [0.4, 0.5) is 0 Å². The molecule has 3 N–H and O–H groups in total. The van der Waals surface area contributed by atoms with Crippen molar-refractivity contribution in [3.05, 3.63) is 24.2 Å². The van der Waals surface area contributed by atoms with Crippen molar-refractivity contribution in [2.24, 2.45) is 17.6 Å². The van der Waals surface area contributed by atoms with Gasteiger partial charge in [-0.2, -0.15) is 0 Å². The molecule has 2 aliphatic rings. The van der Waals surface area contributed by atoms with Crippen LogP contribution in [-0.2, 0) is 0 Å². The van der Waals surface area contributed by atoms with Crippen molar-refractivity contribution in [3.8, 4) is 0 Å². The third kappa shape index (κ3) is 1.90. The van der Waals surface area contributed by atoms with Gasteiger partial charge < -0.3 is 15.3 Å². The molecule has 4 heteroatoms. The van der Waals surface area contributed by atoms with Gasteiger partial charge in [-0.05, 0) is 30.9 Å². The zero-order valence-corrected chi connectivity index (χ0v) is 9.96. The Hall–Kier alpha value is -0.840. The SMILES string of the molecule is NCC(c1ccco1)N1CC2CCC(O)C2C1. The summed E-state index contributed by atoms with van der Waals surface area (Å²) in [5.41, 5.74) is 5.86. The molecule has 4 unspecified atom stereocenters. The summed E-state index contributed by atoms with van der Waals surface area (Å²) < 4.78 is 5.46. The van der Waals surface area contributed by atoms with E-state index in [2.05, 4.69) is 4.90 Å².